The number of fused-ring (bicyclic) bond motifs is 2. The minimum Gasteiger partial charge on any atom is -0.492 e. The van der Waals surface area contributed by atoms with Crippen molar-refractivity contribution in [3.63, 3.8) is 0 Å². The molecule has 0 aromatic heterocycles. The van der Waals surface area contributed by atoms with Crippen molar-refractivity contribution in [3.05, 3.63) is 65.2 Å². The Morgan fingerprint density at radius 2 is 1.97 bits per heavy atom. The molecule has 2 fully saturated rings. The number of rotatable bonds is 6. The Bertz CT molecular complexity index is 961. The van der Waals surface area contributed by atoms with Gasteiger partial charge in [-0.1, -0.05) is 30.3 Å². The number of likely N-dealkylation sites (tertiary alicyclic amines) is 1. The minimum atomic E-state index is -0.0119. The number of carbonyl (C=O) groups is 2. The number of ether oxygens (including phenoxy) is 2. The van der Waals surface area contributed by atoms with E-state index in [0.717, 1.165) is 41.8 Å². The van der Waals surface area contributed by atoms with Gasteiger partial charge in [0.15, 0.2) is 0 Å². The first-order chi connectivity index (χ1) is 15.2. The molecule has 2 aromatic carbocycles. The van der Waals surface area contributed by atoms with Crippen LogP contribution in [0.2, 0.25) is 0 Å². The molecule has 2 heterocycles. The van der Waals surface area contributed by atoms with Gasteiger partial charge in [0.25, 0.3) is 5.91 Å². The third-order valence-corrected chi connectivity index (χ3v) is 6.92. The van der Waals surface area contributed by atoms with Crippen LogP contribution in [0.5, 0.6) is 5.75 Å². The van der Waals surface area contributed by atoms with E-state index in [4.69, 9.17) is 9.47 Å². The van der Waals surface area contributed by atoms with Gasteiger partial charge in [-0.25, -0.2) is 0 Å². The van der Waals surface area contributed by atoms with Crippen molar-refractivity contribution in [1.29, 1.82) is 0 Å². The molecule has 0 spiro atoms. The van der Waals surface area contributed by atoms with Crippen molar-refractivity contribution in [3.8, 4) is 5.75 Å². The lowest BCUT2D eigenvalue weighted by atomic mass is 9.61. The maximum absolute atomic E-state index is 13.2. The van der Waals surface area contributed by atoms with Crippen LogP contribution in [0.15, 0.2) is 48.5 Å². The quantitative estimate of drug-likeness (QED) is 0.730. The first-order valence-corrected chi connectivity index (χ1v) is 11.1. The Labute approximate surface area is 182 Å². The molecule has 1 saturated carbocycles. The molecule has 3 aliphatic rings. The zero-order valence-electron chi connectivity index (χ0n) is 17.6. The van der Waals surface area contributed by atoms with E-state index in [0.29, 0.717) is 38.8 Å². The number of amides is 2. The highest BCUT2D eigenvalue weighted by atomic mass is 16.5. The van der Waals surface area contributed by atoms with E-state index >= 15 is 0 Å². The number of piperidine rings is 1. The van der Waals surface area contributed by atoms with Gasteiger partial charge in [-0.05, 0) is 54.0 Å². The maximum Gasteiger partial charge on any atom is 0.254 e. The number of nitrogens with zero attached hydrogens (tertiary/aromatic N) is 1. The average Bonchev–Trinajstić information content (AvgIpc) is 3.27. The maximum atomic E-state index is 13.2. The molecule has 0 radical (unpaired) electrons. The summed E-state index contributed by atoms with van der Waals surface area (Å²) in [5.74, 6) is 1.75. The first kappa shape index (κ1) is 20.1. The molecular formula is C25H28N2O4. The lowest BCUT2D eigenvalue weighted by molar-refractivity contribution is -0.136. The summed E-state index contributed by atoms with van der Waals surface area (Å²) >= 11 is 0. The molecule has 0 unspecified atom stereocenters. The average molecular weight is 421 g/mol. The summed E-state index contributed by atoms with van der Waals surface area (Å²) in [5.41, 5.74) is 2.89. The van der Waals surface area contributed by atoms with Gasteiger partial charge in [0.05, 0.1) is 19.8 Å². The molecule has 1 N–H and O–H groups in total. The van der Waals surface area contributed by atoms with E-state index in [9.17, 15) is 9.59 Å². The lowest BCUT2D eigenvalue weighted by Gasteiger charge is -2.50. The molecule has 1 aliphatic carbocycles. The van der Waals surface area contributed by atoms with Crippen molar-refractivity contribution in [2.45, 2.75) is 26.1 Å². The zero-order valence-corrected chi connectivity index (χ0v) is 17.6. The fourth-order valence-electron chi connectivity index (χ4n) is 5.14. The highest BCUT2D eigenvalue weighted by Gasteiger charge is 2.48. The van der Waals surface area contributed by atoms with Crippen LogP contribution in [0.25, 0.3) is 0 Å². The summed E-state index contributed by atoms with van der Waals surface area (Å²) in [4.78, 5) is 27.9. The smallest absolute Gasteiger partial charge is 0.254 e. The third-order valence-electron chi connectivity index (χ3n) is 6.92. The molecule has 1 saturated heterocycles. The van der Waals surface area contributed by atoms with Crippen molar-refractivity contribution in [2.24, 2.45) is 17.8 Å². The standard InChI is InChI=1S/C25H28N2O4/c28-24(26-10-12-31-19-6-2-1-3-7-19)21-13-17-9-11-27(14-22(17)21)25(29)20-8-4-5-18-15-30-16-23(18)20/h1-8,17,21-22H,9-16H2,(H,26,28)/t17-,21-,22-/m1/s1. The fourth-order valence-corrected chi connectivity index (χ4v) is 5.14. The van der Waals surface area contributed by atoms with E-state index < -0.39 is 0 Å². The van der Waals surface area contributed by atoms with Gasteiger partial charge in [-0.2, -0.15) is 0 Å². The zero-order chi connectivity index (χ0) is 21.2. The molecule has 3 atom stereocenters. The molecule has 162 valence electrons. The molecule has 2 amide bonds. The van der Waals surface area contributed by atoms with Crippen LogP contribution in [0.1, 0.15) is 34.3 Å². The highest BCUT2D eigenvalue weighted by Crippen LogP contribution is 2.46. The Morgan fingerprint density at radius 3 is 2.84 bits per heavy atom. The fraction of sp³-hybridized carbons (Fsp3) is 0.440. The summed E-state index contributed by atoms with van der Waals surface area (Å²) in [6, 6.07) is 15.5. The van der Waals surface area contributed by atoms with E-state index in [1.165, 1.54) is 0 Å². The van der Waals surface area contributed by atoms with E-state index in [2.05, 4.69) is 5.32 Å². The number of benzene rings is 2. The second-order valence-corrected chi connectivity index (χ2v) is 8.69. The number of hydrogen-bond donors (Lipinski definition) is 1. The van der Waals surface area contributed by atoms with E-state index in [1.807, 2.05) is 53.4 Å². The number of nitrogens with one attached hydrogen (secondary N) is 1. The summed E-state index contributed by atoms with van der Waals surface area (Å²) in [7, 11) is 0. The number of hydrogen-bond acceptors (Lipinski definition) is 4. The van der Waals surface area contributed by atoms with Gasteiger partial charge in [0, 0.05) is 24.6 Å². The van der Waals surface area contributed by atoms with Crippen LogP contribution in [0.4, 0.5) is 0 Å². The molecule has 6 heteroatoms. The van der Waals surface area contributed by atoms with Crippen LogP contribution in [-0.2, 0) is 22.7 Å². The second kappa shape index (κ2) is 8.71. The predicted octanol–water partition coefficient (Wildman–Crippen LogP) is 3.01. The van der Waals surface area contributed by atoms with Gasteiger partial charge in [-0.3, -0.25) is 9.59 Å². The van der Waals surface area contributed by atoms with Crippen molar-refractivity contribution < 1.29 is 19.1 Å². The first-order valence-electron chi connectivity index (χ1n) is 11.1. The summed E-state index contributed by atoms with van der Waals surface area (Å²) in [5, 5.41) is 3.01. The number of carbonyl (C=O) groups excluding carboxylic acids is 2. The molecule has 2 aromatic rings. The summed E-state index contributed by atoms with van der Waals surface area (Å²) < 4.78 is 11.2. The Balaban J connectivity index is 1.14. The Hall–Kier alpha value is -2.86. The van der Waals surface area contributed by atoms with Crippen molar-refractivity contribution >= 4 is 11.8 Å². The third kappa shape index (κ3) is 4.04. The summed E-state index contributed by atoms with van der Waals surface area (Å²) in [6.07, 6.45) is 1.90. The predicted molar refractivity (Wildman–Crippen MR) is 115 cm³/mol. The van der Waals surface area contributed by atoms with Crippen LogP contribution < -0.4 is 10.1 Å². The largest absolute Gasteiger partial charge is 0.492 e. The van der Waals surface area contributed by atoms with E-state index in [-0.39, 0.29) is 23.7 Å². The molecule has 31 heavy (non-hydrogen) atoms. The second-order valence-electron chi connectivity index (χ2n) is 8.69. The minimum absolute atomic E-state index is 0.0119. The SMILES string of the molecule is O=C(NCCOc1ccccc1)[C@@H]1C[C@H]2CCN(C(=O)c3cccc4c3COC4)C[C@H]21. The highest BCUT2D eigenvalue weighted by molar-refractivity contribution is 5.96. The Kier molecular flexibility index (Phi) is 5.64. The molecule has 5 rings (SSSR count). The van der Waals surface area contributed by atoms with Crippen LogP contribution in [0.3, 0.4) is 0 Å². The van der Waals surface area contributed by atoms with Crippen LogP contribution in [-0.4, -0.2) is 43.0 Å². The van der Waals surface area contributed by atoms with Gasteiger partial charge in [-0.15, -0.1) is 0 Å². The van der Waals surface area contributed by atoms with Gasteiger partial charge < -0.3 is 19.7 Å². The van der Waals surface area contributed by atoms with Gasteiger partial charge in [0.1, 0.15) is 12.4 Å². The molecular weight excluding hydrogens is 392 g/mol. The van der Waals surface area contributed by atoms with Crippen LogP contribution >= 0.6 is 0 Å². The van der Waals surface area contributed by atoms with Gasteiger partial charge in [0.2, 0.25) is 5.91 Å². The lowest BCUT2D eigenvalue weighted by Crippen LogP contribution is -2.56. The van der Waals surface area contributed by atoms with E-state index in [1.54, 1.807) is 0 Å². The molecule has 6 nitrogen and oxygen atoms in total. The normalized spacial score (nSPS) is 24.0. The van der Waals surface area contributed by atoms with Crippen molar-refractivity contribution in [1.82, 2.24) is 10.2 Å². The van der Waals surface area contributed by atoms with Crippen LogP contribution in [0, 0.1) is 17.8 Å². The summed E-state index contributed by atoms with van der Waals surface area (Å²) in [6.45, 7) is 3.45. The number of para-hydroxylation sites is 1. The molecule has 2 aliphatic heterocycles. The van der Waals surface area contributed by atoms with Gasteiger partial charge >= 0.3 is 0 Å². The topological polar surface area (TPSA) is 67.9 Å². The Morgan fingerprint density at radius 1 is 1.10 bits per heavy atom. The van der Waals surface area contributed by atoms with Crippen molar-refractivity contribution in [2.75, 3.05) is 26.2 Å². The monoisotopic (exact) mass is 420 g/mol. The molecule has 0 bridgehead atoms.